The number of fused-ring (bicyclic) bond motifs is 1. The number of aromatic amines is 1. The molecule has 3 aromatic rings. The summed E-state index contributed by atoms with van der Waals surface area (Å²) < 4.78 is 41.1. The first-order chi connectivity index (χ1) is 15.3. The van der Waals surface area contributed by atoms with E-state index in [2.05, 4.69) is 50.7 Å². The van der Waals surface area contributed by atoms with Crippen molar-refractivity contribution in [3.05, 3.63) is 36.3 Å². The van der Waals surface area contributed by atoms with Gasteiger partial charge >= 0.3 is 0 Å². The number of halogens is 2. The number of hydrogen-bond acceptors (Lipinski definition) is 5. The molecule has 0 aliphatic heterocycles. The van der Waals surface area contributed by atoms with Gasteiger partial charge in [0.2, 0.25) is 0 Å². The molecule has 0 fully saturated rings. The number of rotatable bonds is 6. The zero-order valence-electron chi connectivity index (χ0n) is 20.2. The Morgan fingerprint density at radius 1 is 1.09 bits per heavy atom. The Bertz CT molecular complexity index is 947. The number of nitrogens with one attached hydrogen (secondary N) is 3. The molecule has 1 unspecified atom stereocenters. The van der Waals surface area contributed by atoms with Gasteiger partial charge in [0.25, 0.3) is 0 Å². The van der Waals surface area contributed by atoms with E-state index in [1.165, 1.54) is 6.07 Å². The van der Waals surface area contributed by atoms with Crippen LogP contribution in [0.25, 0.3) is 22.4 Å². The van der Waals surface area contributed by atoms with Gasteiger partial charge in [-0.25, -0.2) is 32.7 Å². The minimum atomic E-state index is -1.20. The molecular weight excluding hydrogens is 434 g/mol. The summed E-state index contributed by atoms with van der Waals surface area (Å²) in [4.78, 5) is 14.9. The van der Waals surface area contributed by atoms with E-state index in [1.807, 2.05) is 27.7 Å². The van der Waals surface area contributed by atoms with Crippen LogP contribution in [0.15, 0.2) is 24.7 Å². The van der Waals surface area contributed by atoms with Gasteiger partial charge in [-0.2, -0.15) is 0 Å². The zero-order valence-corrected chi connectivity index (χ0v) is 21.0. The van der Waals surface area contributed by atoms with Crippen LogP contribution >= 0.6 is 0 Å². The molecule has 1 atom stereocenters. The Hall–Kier alpha value is -2.46. The van der Waals surface area contributed by atoms with Crippen LogP contribution < -0.4 is 10.0 Å². The van der Waals surface area contributed by atoms with Crippen LogP contribution in [0, 0.1) is 17.6 Å². The highest BCUT2D eigenvalue weighted by atomic mass is 32.2. The molecule has 3 N–H and O–H groups in total. The Balaban J connectivity index is 0.00000106. The largest absolute Gasteiger partial charge is 0.367 e. The molecule has 7 nitrogen and oxygen atoms in total. The van der Waals surface area contributed by atoms with Crippen LogP contribution in [0.4, 0.5) is 14.6 Å². The lowest BCUT2D eigenvalue weighted by molar-refractivity contribution is 0.617. The first-order valence-electron chi connectivity index (χ1n) is 10.8. The summed E-state index contributed by atoms with van der Waals surface area (Å²) in [5.41, 5.74) is 0.997. The molecule has 0 amide bonds. The third-order valence-electron chi connectivity index (χ3n) is 3.29. The second-order valence-corrected chi connectivity index (χ2v) is 8.06. The molecule has 0 aliphatic carbocycles. The van der Waals surface area contributed by atoms with Gasteiger partial charge in [0.15, 0.2) is 17.5 Å². The van der Waals surface area contributed by atoms with E-state index in [4.69, 9.17) is 0 Å². The summed E-state index contributed by atoms with van der Waals surface area (Å²) >= 11 is 0. The first kappa shape index (κ1) is 29.5. The minimum Gasteiger partial charge on any atom is -0.367 e. The van der Waals surface area contributed by atoms with Crippen molar-refractivity contribution in [1.29, 1.82) is 0 Å². The summed E-state index contributed by atoms with van der Waals surface area (Å²) in [5, 5.41) is 3.28. The van der Waals surface area contributed by atoms with E-state index >= 15 is 0 Å². The maximum atomic E-state index is 13.8. The second kappa shape index (κ2) is 16.2. The Morgan fingerprint density at radius 2 is 1.72 bits per heavy atom. The smallest absolute Gasteiger partial charge is 0.183 e. The summed E-state index contributed by atoms with van der Waals surface area (Å²) in [6.07, 6.45) is 3.72. The maximum Gasteiger partial charge on any atom is 0.183 e. The highest BCUT2D eigenvalue weighted by Crippen LogP contribution is 2.26. The second-order valence-electron chi connectivity index (χ2n) is 6.55. The highest BCUT2D eigenvalue weighted by molar-refractivity contribution is 7.83. The fourth-order valence-electron chi connectivity index (χ4n) is 2.15. The molecule has 0 radical (unpaired) electrons. The van der Waals surface area contributed by atoms with E-state index in [1.54, 1.807) is 13.2 Å². The predicted octanol–water partition coefficient (Wildman–Crippen LogP) is 5.31. The molecule has 0 saturated heterocycles. The van der Waals surface area contributed by atoms with Crippen molar-refractivity contribution in [3.63, 3.8) is 0 Å². The summed E-state index contributed by atoms with van der Waals surface area (Å²) in [5.74, 6) is 0.230. The molecule has 180 valence electrons. The topological polar surface area (TPSA) is 95.6 Å². The number of pyridine rings is 1. The summed E-state index contributed by atoms with van der Waals surface area (Å²) in [6.45, 7) is 14.8. The third-order valence-corrected chi connectivity index (χ3v) is 4.32. The molecule has 3 aromatic heterocycles. The van der Waals surface area contributed by atoms with Crippen molar-refractivity contribution in [2.75, 3.05) is 24.7 Å². The van der Waals surface area contributed by atoms with Crippen molar-refractivity contribution in [2.45, 2.75) is 48.5 Å². The van der Waals surface area contributed by atoms with Gasteiger partial charge < -0.3 is 10.3 Å². The molecule has 0 spiro atoms. The van der Waals surface area contributed by atoms with Crippen molar-refractivity contribution >= 4 is 27.8 Å². The van der Waals surface area contributed by atoms with Crippen molar-refractivity contribution in [1.82, 2.24) is 24.7 Å². The van der Waals surface area contributed by atoms with Gasteiger partial charge in [0.1, 0.15) is 11.5 Å². The zero-order chi connectivity index (χ0) is 24.7. The Morgan fingerprint density at radius 3 is 2.31 bits per heavy atom. The van der Waals surface area contributed by atoms with Crippen LogP contribution in [0.5, 0.6) is 0 Å². The Labute approximate surface area is 192 Å². The number of aromatic nitrogens is 4. The lowest BCUT2D eigenvalue weighted by Crippen LogP contribution is -2.20. The van der Waals surface area contributed by atoms with Crippen LogP contribution in [0.2, 0.25) is 0 Å². The highest BCUT2D eigenvalue weighted by Gasteiger charge is 2.13. The van der Waals surface area contributed by atoms with E-state index in [0.717, 1.165) is 18.3 Å². The lowest BCUT2D eigenvalue weighted by atomic mass is 10.2. The predicted molar refractivity (Wildman–Crippen MR) is 131 cm³/mol. The Kier molecular flexibility index (Phi) is 15.0. The van der Waals surface area contributed by atoms with E-state index in [0.29, 0.717) is 16.6 Å². The number of hydrogen-bond donors (Lipinski definition) is 3. The van der Waals surface area contributed by atoms with Gasteiger partial charge in [0.05, 0.1) is 29.1 Å². The minimum absolute atomic E-state index is 0.00758. The summed E-state index contributed by atoms with van der Waals surface area (Å²) in [6, 6.07) is 1.31. The normalized spacial score (nSPS) is 10.8. The fourth-order valence-corrected chi connectivity index (χ4v) is 2.64. The molecule has 10 heteroatoms. The average molecular weight is 471 g/mol. The first-order valence-corrected chi connectivity index (χ1v) is 12.1. The SMILES string of the molecule is CC.CC.CC(C)C.CNS(=O)CCNc1nc(-c2c[nH]c3ncc(F)cc23)ncc1F. The molecule has 32 heavy (non-hydrogen) atoms. The van der Waals surface area contributed by atoms with Crippen molar-refractivity contribution < 1.29 is 13.0 Å². The van der Waals surface area contributed by atoms with Crippen molar-refractivity contribution in [3.8, 4) is 11.4 Å². The standard InChI is InChI=1S/C14H14F2N6OS.C4H10.2C2H6/c1-17-24(23)3-2-18-14-11(16)7-21-13(22-14)10-6-20-12-9(10)4-8(15)5-19-12;1-4(2)3;2*1-2/h4-7,17H,2-3H2,1H3,(H,19,20)(H,18,21,22);4H,1-3H3;2*1-2H3. The van der Waals surface area contributed by atoms with E-state index in [-0.39, 0.29) is 23.9 Å². The quantitative estimate of drug-likeness (QED) is 0.454. The van der Waals surface area contributed by atoms with E-state index < -0.39 is 22.6 Å². The molecule has 0 aliphatic rings. The monoisotopic (exact) mass is 470 g/mol. The van der Waals surface area contributed by atoms with Gasteiger partial charge in [-0.05, 0) is 19.0 Å². The molecule has 0 saturated carbocycles. The van der Waals surface area contributed by atoms with Crippen LogP contribution in [0.3, 0.4) is 0 Å². The van der Waals surface area contributed by atoms with Gasteiger partial charge in [-0.15, -0.1) is 0 Å². The van der Waals surface area contributed by atoms with Crippen molar-refractivity contribution in [2.24, 2.45) is 5.92 Å². The third kappa shape index (κ3) is 9.78. The van der Waals surface area contributed by atoms with Gasteiger partial charge in [-0.3, -0.25) is 0 Å². The molecule has 0 aromatic carbocycles. The van der Waals surface area contributed by atoms with Crippen LogP contribution in [-0.4, -0.2) is 43.5 Å². The number of nitrogens with zero attached hydrogens (tertiary/aromatic N) is 3. The lowest BCUT2D eigenvalue weighted by Gasteiger charge is -2.07. The molecule has 3 heterocycles. The fraction of sp³-hybridized carbons (Fsp3) is 0.500. The van der Waals surface area contributed by atoms with Gasteiger partial charge in [0, 0.05) is 23.7 Å². The summed E-state index contributed by atoms with van der Waals surface area (Å²) in [7, 11) is 0.376. The van der Waals surface area contributed by atoms with Gasteiger partial charge in [-0.1, -0.05) is 48.5 Å². The molecule has 3 rings (SSSR count). The average Bonchev–Trinajstić information content (AvgIpc) is 3.20. The van der Waals surface area contributed by atoms with E-state index in [9.17, 15) is 13.0 Å². The molecule has 0 bridgehead atoms. The number of anilines is 1. The molecular formula is C22H36F2N6OS. The van der Waals surface area contributed by atoms with Crippen LogP contribution in [-0.2, 0) is 11.0 Å². The maximum absolute atomic E-state index is 13.8. The number of H-pyrrole nitrogens is 1. The van der Waals surface area contributed by atoms with Crippen LogP contribution in [0.1, 0.15) is 48.5 Å².